The van der Waals surface area contributed by atoms with Gasteiger partial charge in [-0.25, -0.2) is 0 Å². The minimum absolute atomic E-state index is 0.0249. The molecule has 1 aromatic carbocycles. The number of anilines is 1. The van der Waals surface area contributed by atoms with Crippen molar-refractivity contribution in [2.45, 2.75) is 46.1 Å². The number of aryl methyl sites for hydroxylation is 1. The molecule has 7 heteroatoms. The molecule has 2 N–H and O–H groups in total. The number of rotatable bonds is 7. The van der Waals surface area contributed by atoms with Crippen molar-refractivity contribution in [3.63, 3.8) is 0 Å². The Balaban J connectivity index is 1.68. The number of carbonyl (C=O) groups is 2. The number of aromatic nitrogens is 2. The lowest BCUT2D eigenvalue weighted by Gasteiger charge is -2.22. The first-order valence-corrected chi connectivity index (χ1v) is 9.81. The van der Waals surface area contributed by atoms with Crippen LogP contribution in [0.1, 0.15) is 38.7 Å². The van der Waals surface area contributed by atoms with Crippen LogP contribution in [-0.4, -0.2) is 28.1 Å². The van der Waals surface area contributed by atoms with Crippen LogP contribution < -0.4 is 10.6 Å². The van der Waals surface area contributed by atoms with Crippen molar-refractivity contribution in [3.05, 3.63) is 29.8 Å². The molecule has 26 heavy (non-hydrogen) atoms. The summed E-state index contributed by atoms with van der Waals surface area (Å²) in [5.74, 6) is -0.144. The van der Waals surface area contributed by atoms with Gasteiger partial charge < -0.3 is 5.32 Å². The highest BCUT2D eigenvalue weighted by atomic mass is 32.1. The van der Waals surface area contributed by atoms with Gasteiger partial charge in [0.15, 0.2) is 0 Å². The van der Waals surface area contributed by atoms with Gasteiger partial charge in [-0.3, -0.25) is 14.9 Å². The molecule has 0 unspecified atom stereocenters. The number of hydrogen-bond acceptors (Lipinski definition) is 5. The molecule has 2 aromatic rings. The summed E-state index contributed by atoms with van der Waals surface area (Å²) in [5, 5.41) is 15.1. The lowest BCUT2D eigenvalue weighted by atomic mass is 9.98. The summed E-state index contributed by atoms with van der Waals surface area (Å²) in [7, 11) is 0. The predicted molar refractivity (Wildman–Crippen MR) is 103 cm³/mol. The Morgan fingerprint density at radius 3 is 2.54 bits per heavy atom. The lowest BCUT2D eigenvalue weighted by molar-refractivity contribution is -0.128. The molecule has 0 radical (unpaired) electrons. The third-order valence-electron chi connectivity index (χ3n) is 4.70. The normalized spacial score (nSPS) is 16.0. The van der Waals surface area contributed by atoms with Gasteiger partial charge in [-0.05, 0) is 25.7 Å². The largest absolute Gasteiger partial charge is 0.344 e. The van der Waals surface area contributed by atoms with Gasteiger partial charge >= 0.3 is 0 Å². The van der Waals surface area contributed by atoms with E-state index in [2.05, 4.69) is 20.8 Å². The quantitative estimate of drug-likeness (QED) is 0.780. The zero-order valence-corrected chi connectivity index (χ0v) is 16.1. The molecule has 1 aliphatic rings. The van der Waals surface area contributed by atoms with Crippen LogP contribution in [0.4, 0.5) is 5.13 Å². The number of carbonyl (C=O) groups excluding carboxylic acids is 2. The highest BCUT2D eigenvalue weighted by Crippen LogP contribution is 2.30. The van der Waals surface area contributed by atoms with E-state index in [1.54, 1.807) is 0 Å². The van der Waals surface area contributed by atoms with Crippen LogP contribution >= 0.6 is 11.3 Å². The van der Waals surface area contributed by atoms with Crippen LogP contribution in [0.25, 0.3) is 10.6 Å². The summed E-state index contributed by atoms with van der Waals surface area (Å²) >= 11 is 1.33. The monoisotopic (exact) mass is 372 g/mol. The van der Waals surface area contributed by atoms with E-state index in [-0.39, 0.29) is 23.7 Å². The van der Waals surface area contributed by atoms with Gasteiger partial charge in [-0.2, -0.15) is 0 Å². The van der Waals surface area contributed by atoms with E-state index in [1.165, 1.54) is 16.9 Å². The molecule has 0 aliphatic heterocycles. The van der Waals surface area contributed by atoms with Crippen LogP contribution in [0.2, 0.25) is 0 Å². The van der Waals surface area contributed by atoms with Crippen molar-refractivity contribution in [1.82, 2.24) is 15.5 Å². The van der Waals surface area contributed by atoms with Crippen LogP contribution in [0.5, 0.6) is 0 Å². The van der Waals surface area contributed by atoms with E-state index in [1.807, 2.05) is 45.0 Å². The molecular formula is C19H24N4O2S. The van der Waals surface area contributed by atoms with Crippen molar-refractivity contribution in [3.8, 4) is 10.6 Å². The van der Waals surface area contributed by atoms with E-state index < -0.39 is 6.04 Å². The average molecular weight is 372 g/mol. The molecule has 1 aromatic heterocycles. The average Bonchev–Trinajstić information content (AvgIpc) is 3.39. The van der Waals surface area contributed by atoms with Crippen molar-refractivity contribution in [2.75, 3.05) is 5.32 Å². The number of hydrogen-bond donors (Lipinski definition) is 2. The summed E-state index contributed by atoms with van der Waals surface area (Å²) in [4.78, 5) is 24.8. The van der Waals surface area contributed by atoms with E-state index >= 15 is 0 Å². The minimum atomic E-state index is -0.556. The number of nitrogens with one attached hydrogen (secondary N) is 2. The number of benzene rings is 1. The van der Waals surface area contributed by atoms with Crippen LogP contribution in [0.15, 0.2) is 24.3 Å². The third-order valence-corrected chi connectivity index (χ3v) is 5.58. The van der Waals surface area contributed by atoms with Gasteiger partial charge in [0.05, 0.1) is 0 Å². The first kappa shape index (κ1) is 18.5. The lowest BCUT2D eigenvalue weighted by Crippen LogP contribution is -2.48. The van der Waals surface area contributed by atoms with E-state index in [4.69, 9.17) is 0 Å². The molecule has 6 nitrogen and oxygen atoms in total. The molecule has 1 aliphatic carbocycles. The Bertz CT molecular complexity index is 783. The molecule has 3 rings (SSSR count). The second-order valence-corrected chi connectivity index (χ2v) is 7.89. The first-order chi connectivity index (χ1) is 12.5. The highest BCUT2D eigenvalue weighted by Gasteiger charge is 2.34. The maximum absolute atomic E-state index is 12.7. The molecular weight excluding hydrogens is 348 g/mol. The Kier molecular flexibility index (Phi) is 5.66. The Hall–Kier alpha value is -2.28. The molecule has 2 amide bonds. The Morgan fingerprint density at radius 1 is 1.23 bits per heavy atom. The number of nitrogens with zero attached hydrogens (tertiary/aromatic N) is 2. The summed E-state index contributed by atoms with van der Waals surface area (Å²) in [5.41, 5.74) is 2.14. The molecule has 0 spiro atoms. The maximum atomic E-state index is 12.7. The predicted octanol–water partition coefficient (Wildman–Crippen LogP) is 3.39. The second-order valence-electron chi connectivity index (χ2n) is 6.91. The van der Waals surface area contributed by atoms with Crippen LogP contribution in [-0.2, 0) is 9.59 Å². The molecule has 138 valence electrons. The summed E-state index contributed by atoms with van der Waals surface area (Å²) in [6.07, 6.45) is 2.63. The zero-order valence-electron chi connectivity index (χ0n) is 15.3. The fourth-order valence-corrected chi connectivity index (χ4v) is 3.34. The smallest absolute Gasteiger partial charge is 0.249 e. The molecule has 1 fully saturated rings. The van der Waals surface area contributed by atoms with Gasteiger partial charge in [0.2, 0.25) is 16.9 Å². The van der Waals surface area contributed by atoms with Gasteiger partial charge in [0.1, 0.15) is 11.0 Å². The summed E-state index contributed by atoms with van der Waals surface area (Å²) in [6.45, 7) is 6.00. The first-order valence-electron chi connectivity index (χ1n) is 8.99. The molecule has 0 bridgehead atoms. The van der Waals surface area contributed by atoms with Gasteiger partial charge in [-0.1, -0.05) is 61.4 Å². The van der Waals surface area contributed by atoms with E-state index in [0.717, 1.165) is 29.8 Å². The minimum Gasteiger partial charge on any atom is -0.344 e. The van der Waals surface area contributed by atoms with E-state index in [9.17, 15) is 9.59 Å². The topological polar surface area (TPSA) is 84.0 Å². The SMILES string of the molecule is CC[C@@H](C)[C@@H](NC(=O)C1CC1)C(=O)Nc1nnc(-c2ccc(C)cc2)s1. The number of amides is 2. The van der Waals surface area contributed by atoms with Gasteiger partial charge in [0.25, 0.3) is 0 Å². The van der Waals surface area contributed by atoms with Crippen LogP contribution in [0, 0.1) is 18.8 Å². The van der Waals surface area contributed by atoms with Gasteiger partial charge in [0, 0.05) is 11.5 Å². The third kappa shape index (κ3) is 4.46. The molecule has 1 heterocycles. The second kappa shape index (κ2) is 7.95. The fourth-order valence-electron chi connectivity index (χ4n) is 2.59. The Morgan fingerprint density at radius 2 is 1.92 bits per heavy atom. The van der Waals surface area contributed by atoms with Crippen molar-refractivity contribution in [1.29, 1.82) is 0 Å². The summed E-state index contributed by atoms with van der Waals surface area (Å²) in [6, 6.07) is 7.45. The van der Waals surface area contributed by atoms with Gasteiger partial charge in [-0.15, -0.1) is 10.2 Å². The van der Waals surface area contributed by atoms with E-state index in [0.29, 0.717) is 5.13 Å². The van der Waals surface area contributed by atoms with Crippen molar-refractivity contribution < 1.29 is 9.59 Å². The molecule has 1 saturated carbocycles. The fraction of sp³-hybridized carbons (Fsp3) is 0.474. The highest BCUT2D eigenvalue weighted by molar-refractivity contribution is 7.18. The van der Waals surface area contributed by atoms with Crippen molar-refractivity contribution >= 4 is 28.3 Å². The van der Waals surface area contributed by atoms with Crippen LogP contribution in [0.3, 0.4) is 0 Å². The van der Waals surface area contributed by atoms with Crippen molar-refractivity contribution in [2.24, 2.45) is 11.8 Å². The molecule has 0 saturated heterocycles. The maximum Gasteiger partial charge on any atom is 0.249 e. The molecule has 2 atom stereocenters. The summed E-state index contributed by atoms with van der Waals surface area (Å²) < 4.78 is 0. The Labute approximate surface area is 157 Å². The standard InChI is InChI=1S/C19H24N4O2S/c1-4-12(3)15(20-16(24)13-9-10-13)17(25)21-19-23-22-18(26-19)14-7-5-11(2)6-8-14/h5-8,12-13,15H,4,9-10H2,1-3H3,(H,20,24)(H,21,23,25)/t12-,15-/m1/s1. The zero-order chi connectivity index (χ0) is 18.7.